The van der Waals surface area contributed by atoms with Gasteiger partial charge in [0.1, 0.15) is 0 Å². The third kappa shape index (κ3) is 3.42. The molecule has 1 N–H and O–H groups in total. The molecule has 1 rings (SSSR count). The number of benzene rings is 1. The Morgan fingerprint density at radius 1 is 1.47 bits per heavy atom. The minimum absolute atomic E-state index is 0.167. The Balaban J connectivity index is 2.69. The maximum absolute atomic E-state index is 5.43. The minimum atomic E-state index is 0.167. The summed E-state index contributed by atoms with van der Waals surface area (Å²) in [7, 11) is 0. The Morgan fingerprint density at radius 2 is 2.20 bits per heavy atom. The molecule has 0 fully saturated rings. The van der Waals surface area contributed by atoms with Crippen molar-refractivity contribution in [3.05, 3.63) is 35.4 Å². The maximum Gasteiger partial charge on any atom is 0.0688 e. The highest BCUT2D eigenvalue weighted by Gasteiger charge is 2.09. The van der Waals surface area contributed by atoms with Gasteiger partial charge in [-0.25, -0.2) is 0 Å². The molecule has 1 aromatic rings. The van der Waals surface area contributed by atoms with Gasteiger partial charge in [-0.3, -0.25) is 5.32 Å². The SMILES string of the molecule is C#CC(CC)N[C@@H](C)c1cccc(C)c1. The number of terminal acetylenes is 1. The number of aryl methyl sites for hydroxylation is 1. The molecule has 1 aromatic carbocycles. The van der Waals surface area contributed by atoms with E-state index >= 15 is 0 Å². The van der Waals surface area contributed by atoms with Crippen LogP contribution in [0.3, 0.4) is 0 Å². The van der Waals surface area contributed by atoms with Crippen molar-refractivity contribution >= 4 is 0 Å². The van der Waals surface area contributed by atoms with E-state index in [1.54, 1.807) is 0 Å². The first-order valence-corrected chi connectivity index (χ1v) is 5.46. The van der Waals surface area contributed by atoms with E-state index in [0.717, 1.165) is 6.42 Å². The molecule has 0 bridgehead atoms. The van der Waals surface area contributed by atoms with Crippen LogP contribution in [0.15, 0.2) is 24.3 Å². The molecule has 1 heteroatoms. The first kappa shape index (κ1) is 11.8. The zero-order chi connectivity index (χ0) is 11.3. The highest BCUT2D eigenvalue weighted by molar-refractivity contribution is 5.25. The molecule has 1 nitrogen and oxygen atoms in total. The fourth-order valence-electron chi connectivity index (χ4n) is 1.62. The average Bonchev–Trinajstić information content (AvgIpc) is 2.25. The van der Waals surface area contributed by atoms with Crippen LogP contribution in [0.5, 0.6) is 0 Å². The summed E-state index contributed by atoms with van der Waals surface area (Å²) in [5.74, 6) is 2.76. The summed E-state index contributed by atoms with van der Waals surface area (Å²) >= 11 is 0. The van der Waals surface area contributed by atoms with Gasteiger partial charge < -0.3 is 0 Å². The molecular weight excluding hydrogens is 182 g/mol. The van der Waals surface area contributed by atoms with Crippen molar-refractivity contribution in [2.24, 2.45) is 0 Å². The lowest BCUT2D eigenvalue weighted by molar-refractivity contribution is 0.512. The Labute approximate surface area is 92.9 Å². The van der Waals surface area contributed by atoms with Crippen LogP contribution in [0.4, 0.5) is 0 Å². The van der Waals surface area contributed by atoms with Crippen molar-refractivity contribution in [2.45, 2.75) is 39.3 Å². The summed E-state index contributed by atoms with van der Waals surface area (Å²) in [5.41, 5.74) is 2.58. The van der Waals surface area contributed by atoms with Crippen LogP contribution in [0.2, 0.25) is 0 Å². The van der Waals surface area contributed by atoms with Crippen LogP contribution in [0, 0.1) is 19.3 Å². The molecule has 0 radical (unpaired) electrons. The largest absolute Gasteiger partial charge is 0.297 e. The fraction of sp³-hybridized carbons (Fsp3) is 0.429. The molecule has 0 saturated heterocycles. The highest BCUT2D eigenvalue weighted by Crippen LogP contribution is 2.14. The maximum atomic E-state index is 5.43. The van der Waals surface area contributed by atoms with E-state index in [1.165, 1.54) is 11.1 Å². The van der Waals surface area contributed by atoms with Gasteiger partial charge in [-0.15, -0.1) is 6.42 Å². The Bertz CT molecular complexity index is 349. The van der Waals surface area contributed by atoms with E-state index in [9.17, 15) is 0 Å². The lowest BCUT2D eigenvalue weighted by atomic mass is 10.0. The van der Waals surface area contributed by atoms with E-state index in [2.05, 4.69) is 56.3 Å². The monoisotopic (exact) mass is 201 g/mol. The first-order valence-electron chi connectivity index (χ1n) is 5.46. The van der Waals surface area contributed by atoms with Crippen LogP contribution in [-0.4, -0.2) is 6.04 Å². The molecule has 0 heterocycles. The number of hydrogen-bond acceptors (Lipinski definition) is 1. The molecular formula is C14H19N. The van der Waals surface area contributed by atoms with Crippen molar-refractivity contribution in [1.82, 2.24) is 5.32 Å². The third-order valence-corrected chi connectivity index (χ3v) is 2.60. The Hall–Kier alpha value is -1.26. The van der Waals surface area contributed by atoms with Gasteiger partial charge in [0.05, 0.1) is 6.04 Å². The lowest BCUT2D eigenvalue weighted by Crippen LogP contribution is -2.29. The zero-order valence-electron chi connectivity index (χ0n) is 9.75. The molecule has 0 amide bonds. The summed E-state index contributed by atoms with van der Waals surface area (Å²) < 4.78 is 0. The van der Waals surface area contributed by atoms with Crippen molar-refractivity contribution in [2.75, 3.05) is 0 Å². The van der Waals surface area contributed by atoms with Crippen LogP contribution >= 0.6 is 0 Å². The van der Waals surface area contributed by atoms with Crippen molar-refractivity contribution in [3.8, 4) is 12.3 Å². The molecule has 80 valence electrons. The molecule has 1 unspecified atom stereocenters. The summed E-state index contributed by atoms with van der Waals surface area (Å²) in [6.45, 7) is 6.35. The van der Waals surface area contributed by atoms with Gasteiger partial charge in [0, 0.05) is 6.04 Å². The molecule has 0 aromatic heterocycles. The molecule has 0 aliphatic rings. The van der Waals surface area contributed by atoms with Crippen LogP contribution in [0.1, 0.15) is 37.4 Å². The summed E-state index contributed by atoms with van der Waals surface area (Å²) in [6.07, 6.45) is 6.39. The lowest BCUT2D eigenvalue weighted by Gasteiger charge is -2.18. The first-order chi connectivity index (χ1) is 7.17. The van der Waals surface area contributed by atoms with E-state index in [0.29, 0.717) is 6.04 Å². The summed E-state index contributed by atoms with van der Waals surface area (Å²) in [5, 5.41) is 3.42. The second-order valence-corrected chi connectivity index (χ2v) is 3.93. The van der Waals surface area contributed by atoms with Gasteiger partial charge in [-0.2, -0.15) is 0 Å². The normalized spacial score (nSPS) is 14.3. The molecule has 0 aliphatic carbocycles. The standard InChI is InChI=1S/C14H19N/c1-5-14(6-2)15-12(4)13-9-7-8-11(3)10-13/h1,7-10,12,14-15H,6H2,2-4H3/t12-,14?/m0/s1. The molecule has 2 atom stereocenters. The van der Waals surface area contributed by atoms with Gasteiger partial charge in [-0.1, -0.05) is 42.7 Å². The third-order valence-electron chi connectivity index (χ3n) is 2.60. The predicted octanol–water partition coefficient (Wildman–Crippen LogP) is 3.06. The van der Waals surface area contributed by atoms with E-state index in [1.807, 2.05) is 0 Å². The predicted molar refractivity (Wildman–Crippen MR) is 65.6 cm³/mol. The van der Waals surface area contributed by atoms with Crippen LogP contribution in [-0.2, 0) is 0 Å². The fourth-order valence-corrected chi connectivity index (χ4v) is 1.62. The number of nitrogens with one attached hydrogen (secondary N) is 1. The van der Waals surface area contributed by atoms with Gasteiger partial charge in [-0.05, 0) is 25.8 Å². The van der Waals surface area contributed by atoms with E-state index in [4.69, 9.17) is 6.42 Å². The van der Waals surface area contributed by atoms with Gasteiger partial charge in [0.15, 0.2) is 0 Å². The smallest absolute Gasteiger partial charge is 0.0688 e. The van der Waals surface area contributed by atoms with Crippen molar-refractivity contribution < 1.29 is 0 Å². The van der Waals surface area contributed by atoms with Gasteiger partial charge in [0.25, 0.3) is 0 Å². The number of rotatable bonds is 4. The Kier molecular flexibility index (Phi) is 4.39. The number of hydrogen-bond donors (Lipinski definition) is 1. The van der Waals surface area contributed by atoms with E-state index in [-0.39, 0.29) is 6.04 Å². The van der Waals surface area contributed by atoms with Gasteiger partial charge in [0.2, 0.25) is 0 Å². The highest BCUT2D eigenvalue weighted by atomic mass is 14.9. The quantitative estimate of drug-likeness (QED) is 0.738. The second kappa shape index (κ2) is 5.58. The zero-order valence-corrected chi connectivity index (χ0v) is 9.75. The average molecular weight is 201 g/mol. The van der Waals surface area contributed by atoms with E-state index < -0.39 is 0 Å². The van der Waals surface area contributed by atoms with Crippen LogP contribution in [0.25, 0.3) is 0 Å². The van der Waals surface area contributed by atoms with Crippen molar-refractivity contribution in [3.63, 3.8) is 0 Å². The summed E-state index contributed by atoms with van der Waals surface area (Å²) in [4.78, 5) is 0. The molecule has 15 heavy (non-hydrogen) atoms. The molecule has 0 spiro atoms. The molecule has 0 saturated carbocycles. The van der Waals surface area contributed by atoms with Crippen molar-refractivity contribution in [1.29, 1.82) is 0 Å². The topological polar surface area (TPSA) is 12.0 Å². The van der Waals surface area contributed by atoms with Crippen LogP contribution < -0.4 is 5.32 Å². The summed E-state index contributed by atoms with van der Waals surface area (Å²) in [6, 6.07) is 9.00. The van der Waals surface area contributed by atoms with Gasteiger partial charge >= 0.3 is 0 Å². The Morgan fingerprint density at radius 3 is 2.73 bits per heavy atom. The minimum Gasteiger partial charge on any atom is -0.297 e. The molecule has 0 aliphatic heterocycles. The second-order valence-electron chi connectivity index (χ2n) is 3.93.